The number of fused-ring (bicyclic) bond motifs is 1. The van der Waals surface area contributed by atoms with Gasteiger partial charge < -0.3 is 4.74 Å². The van der Waals surface area contributed by atoms with Gasteiger partial charge in [0.1, 0.15) is 12.2 Å². The van der Waals surface area contributed by atoms with Crippen molar-refractivity contribution in [1.29, 1.82) is 0 Å². The Morgan fingerprint density at radius 3 is 2.30 bits per heavy atom. The van der Waals surface area contributed by atoms with E-state index in [1.807, 2.05) is 36.4 Å². The fourth-order valence-electron chi connectivity index (χ4n) is 3.23. The lowest BCUT2D eigenvalue weighted by Gasteiger charge is -2.14. The number of aryl methyl sites for hydroxylation is 1. The highest BCUT2D eigenvalue weighted by Gasteiger charge is 2.27. The normalized spacial score (nSPS) is 13.1. The van der Waals surface area contributed by atoms with E-state index in [0.717, 1.165) is 17.6 Å². The minimum absolute atomic E-state index is 0.0606. The number of amides is 2. The van der Waals surface area contributed by atoms with Crippen LogP contribution in [-0.4, -0.2) is 25.1 Å². The molecule has 1 aliphatic rings. The van der Waals surface area contributed by atoms with E-state index in [9.17, 15) is 14.0 Å². The maximum Gasteiger partial charge on any atom is 0.255 e. The molecule has 156 valence electrons. The van der Waals surface area contributed by atoms with Crippen LogP contribution in [0.25, 0.3) is 10.8 Å². The molecular formula is C24H25FN2O3. The number of hydrazine groups is 1. The van der Waals surface area contributed by atoms with Crippen molar-refractivity contribution in [2.75, 3.05) is 18.3 Å². The van der Waals surface area contributed by atoms with Gasteiger partial charge in [0.25, 0.3) is 5.91 Å². The van der Waals surface area contributed by atoms with Crippen molar-refractivity contribution in [3.63, 3.8) is 0 Å². The van der Waals surface area contributed by atoms with Gasteiger partial charge in [0, 0.05) is 11.8 Å². The van der Waals surface area contributed by atoms with Gasteiger partial charge in [-0.25, -0.2) is 5.01 Å². The quantitative estimate of drug-likeness (QED) is 0.479. The first-order valence-corrected chi connectivity index (χ1v) is 10.0. The molecule has 2 amide bonds. The predicted molar refractivity (Wildman–Crippen MR) is 116 cm³/mol. The molecule has 1 saturated heterocycles. The first kappa shape index (κ1) is 21.3. The van der Waals surface area contributed by atoms with Crippen LogP contribution in [0.2, 0.25) is 0 Å². The molecule has 0 bridgehead atoms. The Bertz CT molecular complexity index is 1010. The lowest BCUT2D eigenvalue weighted by molar-refractivity contribution is -0.122. The molecule has 0 unspecified atom stereocenters. The summed E-state index contributed by atoms with van der Waals surface area (Å²) in [5, 5.41) is 3.61. The summed E-state index contributed by atoms with van der Waals surface area (Å²) in [7, 11) is 0. The monoisotopic (exact) mass is 408 g/mol. The number of carbonyl (C=O) groups excluding carboxylic acids is 2. The molecule has 4 rings (SSSR count). The number of rotatable bonds is 6. The standard InChI is InChI=1S/C15H17FO.C9H8N2O2/c1-2-12-8-9-15(17-11-5-10-16)14-7-4-3-6-13(12)14;12-8-6-9(13)11(10-8)7-4-2-1-3-5-7/h3-4,6-9H,2,5,10-11H2,1H3;1-5H,6H2,(H,10,12). The maximum absolute atomic E-state index is 12.0. The lowest BCUT2D eigenvalue weighted by Crippen LogP contribution is -2.35. The molecule has 6 heteroatoms. The van der Waals surface area contributed by atoms with Crippen LogP contribution in [0.5, 0.6) is 5.75 Å². The summed E-state index contributed by atoms with van der Waals surface area (Å²) in [6, 6.07) is 21.3. The minimum atomic E-state index is -0.328. The van der Waals surface area contributed by atoms with Crippen molar-refractivity contribution in [1.82, 2.24) is 5.43 Å². The Morgan fingerprint density at radius 2 is 1.67 bits per heavy atom. The van der Waals surface area contributed by atoms with E-state index in [2.05, 4.69) is 30.5 Å². The van der Waals surface area contributed by atoms with Gasteiger partial charge in [-0.1, -0.05) is 55.5 Å². The highest BCUT2D eigenvalue weighted by Crippen LogP contribution is 2.28. The molecule has 0 spiro atoms. The number of para-hydroxylation sites is 1. The Morgan fingerprint density at radius 1 is 0.967 bits per heavy atom. The number of carbonyl (C=O) groups is 2. The maximum atomic E-state index is 12.0. The van der Waals surface area contributed by atoms with Gasteiger partial charge in [-0.15, -0.1) is 0 Å². The van der Waals surface area contributed by atoms with Crippen LogP contribution in [0.15, 0.2) is 66.7 Å². The van der Waals surface area contributed by atoms with Gasteiger partial charge in [0.2, 0.25) is 5.91 Å². The highest BCUT2D eigenvalue weighted by molar-refractivity contribution is 6.11. The second-order valence-electron chi connectivity index (χ2n) is 6.79. The van der Waals surface area contributed by atoms with Gasteiger partial charge in [0.15, 0.2) is 0 Å². The number of nitrogens with zero attached hydrogens (tertiary/aromatic N) is 1. The average molecular weight is 408 g/mol. The van der Waals surface area contributed by atoms with E-state index >= 15 is 0 Å². The van der Waals surface area contributed by atoms with Crippen molar-refractivity contribution in [2.24, 2.45) is 0 Å². The van der Waals surface area contributed by atoms with Crippen LogP contribution in [0, 0.1) is 0 Å². The molecule has 1 heterocycles. The molecule has 0 radical (unpaired) electrons. The molecule has 0 atom stereocenters. The van der Waals surface area contributed by atoms with E-state index < -0.39 is 0 Å². The SMILES string of the molecule is CCc1ccc(OCCCF)c2ccccc12.O=C1CC(=O)N(c2ccccc2)N1. The third-order valence-corrected chi connectivity index (χ3v) is 4.70. The zero-order valence-electron chi connectivity index (χ0n) is 16.9. The fraction of sp³-hybridized carbons (Fsp3) is 0.250. The molecular weight excluding hydrogens is 383 g/mol. The predicted octanol–water partition coefficient (Wildman–Crippen LogP) is 4.60. The van der Waals surface area contributed by atoms with Gasteiger partial charge in [-0.3, -0.25) is 19.4 Å². The number of benzene rings is 3. The molecule has 0 aliphatic carbocycles. The van der Waals surface area contributed by atoms with Crippen LogP contribution < -0.4 is 15.2 Å². The van der Waals surface area contributed by atoms with Gasteiger partial charge >= 0.3 is 0 Å². The Kier molecular flexibility index (Phi) is 7.38. The number of nitrogens with one attached hydrogen (secondary N) is 1. The molecule has 30 heavy (non-hydrogen) atoms. The summed E-state index contributed by atoms with van der Waals surface area (Å²) in [5.74, 6) is 0.385. The van der Waals surface area contributed by atoms with Gasteiger partial charge in [-0.05, 0) is 35.6 Å². The number of alkyl halides is 1. The smallest absolute Gasteiger partial charge is 0.255 e. The molecule has 5 nitrogen and oxygen atoms in total. The fourth-order valence-corrected chi connectivity index (χ4v) is 3.23. The Balaban J connectivity index is 0.000000177. The Labute approximate surface area is 175 Å². The number of hydrogen-bond donors (Lipinski definition) is 1. The largest absolute Gasteiger partial charge is 0.493 e. The number of halogens is 1. The zero-order chi connectivity index (χ0) is 21.3. The topological polar surface area (TPSA) is 58.6 Å². The first-order chi connectivity index (χ1) is 14.6. The minimum Gasteiger partial charge on any atom is -0.493 e. The first-order valence-electron chi connectivity index (χ1n) is 10.0. The van der Waals surface area contributed by atoms with Crippen LogP contribution in [0.4, 0.5) is 10.1 Å². The van der Waals surface area contributed by atoms with Gasteiger partial charge in [0.05, 0.1) is 19.0 Å². The zero-order valence-corrected chi connectivity index (χ0v) is 16.9. The van der Waals surface area contributed by atoms with Crippen molar-refractivity contribution >= 4 is 28.3 Å². The number of hydrogen-bond acceptors (Lipinski definition) is 3. The van der Waals surface area contributed by atoms with E-state index in [1.54, 1.807) is 12.1 Å². The van der Waals surface area contributed by atoms with E-state index in [4.69, 9.17) is 4.74 Å². The second kappa shape index (κ2) is 10.4. The lowest BCUT2D eigenvalue weighted by atomic mass is 10.0. The van der Waals surface area contributed by atoms with E-state index in [-0.39, 0.29) is 24.9 Å². The molecule has 1 N–H and O–H groups in total. The number of anilines is 1. The third-order valence-electron chi connectivity index (χ3n) is 4.70. The van der Waals surface area contributed by atoms with Crippen LogP contribution in [-0.2, 0) is 16.0 Å². The van der Waals surface area contributed by atoms with Gasteiger partial charge in [-0.2, -0.15) is 0 Å². The second-order valence-corrected chi connectivity index (χ2v) is 6.79. The molecule has 3 aromatic rings. The average Bonchev–Trinajstić information content (AvgIpc) is 3.13. The van der Waals surface area contributed by atoms with Crippen molar-refractivity contribution in [2.45, 2.75) is 26.2 Å². The number of ether oxygens (including phenoxy) is 1. The van der Waals surface area contributed by atoms with Crippen LogP contribution >= 0.6 is 0 Å². The molecule has 3 aromatic carbocycles. The van der Waals surface area contributed by atoms with Crippen molar-refractivity contribution in [3.8, 4) is 5.75 Å². The van der Waals surface area contributed by atoms with E-state index in [1.165, 1.54) is 16.0 Å². The summed E-state index contributed by atoms with van der Waals surface area (Å²) in [6.45, 7) is 2.25. The van der Waals surface area contributed by atoms with Crippen molar-refractivity contribution in [3.05, 3.63) is 72.3 Å². The van der Waals surface area contributed by atoms with Crippen molar-refractivity contribution < 1.29 is 18.7 Å². The molecule has 1 aliphatic heterocycles. The molecule has 0 aromatic heterocycles. The molecule has 1 fully saturated rings. The summed E-state index contributed by atoms with van der Waals surface area (Å²) in [4.78, 5) is 22.1. The van der Waals surface area contributed by atoms with E-state index in [0.29, 0.717) is 18.7 Å². The summed E-state index contributed by atoms with van der Waals surface area (Å²) in [6.07, 6.45) is 1.39. The third kappa shape index (κ3) is 5.14. The molecule has 0 saturated carbocycles. The summed E-state index contributed by atoms with van der Waals surface area (Å²) < 4.78 is 17.7. The highest BCUT2D eigenvalue weighted by atomic mass is 19.1. The van der Waals surface area contributed by atoms with Crippen LogP contribution in [0.3, 0.4) is 0 Å². The summed E-state index contributed by atoms with van der Waals surface area (Å²) >= 11 is 0. The van der Waals surface area contributed by atoms with Crippen LogP contribution in [0.1, 0.15) is 25.3 Å². The summed E-state index contributed by atoms with van der Waals surface area (Å²) in [5.41, 5.74) is 4.48. The Hall–Kier alpha value is -3.41.